The van der Waals surface area contributed by atoms with Gasteiger partial charge in [0, 0.05) is 5.38 Å². The number of rotatable bonds is 11. The third-order valence-corrected chi connectivity index (χ3v) is 5.72. The standard InChI is InChI=1S/C18H22N8O8S2/c1-18(2)13(16(28)26(18)34-36(29,30)31)24-15(27)12(11-8-35-17(21)23-11)25-33-6-5-32-9-3-4-10(14(19)20)22-7-9/h3-4,7-8,13H,5-6H2,1-2H3,(H3,19,20)(H2,21,23)(H,24,27)(H,29,30,31)/b25-12-/t13-/m1/s1. The molecule has 16 nitrogen and oxygen atoms in total. The molecule has 3 rings (SSSR count). The largest absolute Gasteiger partial charge is 0.488 e. The quantitative estimate of drug-likeness (QED) is 0.0575. The summed E-state index contributed by atoms with van der Waals surface area (Å²) in [7, 11) is -4.94. The zero-order valence-electron chi connectivity index (χ0n) is 18.9. The molecule has 194 valence electrons. The van der Waals surface area contributed by atoms with Gasteiger partial charge in [0.15, 0.2) is 17.5 Å². The number of carbonyl (C=O) groups excluding carboxylic acids is 2. The molecule has 0 bridgehead atoms. The highest BCUT2D eigenvalue weighted by molar-refractivity contribution is 7.80. The molecule has 0 radical (unpaired) electrons. The minimum Gasteiger partial charge on any atom is -0.488 e. The fraction of sp³-hybridized carbons (Fsp3) is 0.333. The van der Waals surface area contributed by atoms with Crippen LogP contribution in [0.2, 0.25) is 0 Å². The van der Waals surface area contributed by atoms with Crippen LogP contribution in [0, 0.1) is 5.41 Å². The molecule has 36 heavy (non-hydrogen) atoms. The van der Waals surface area contributed by atoms with Gasteiger partial charge in [-0.15, -0.1) is 15.6 Å². The number of nitrogens with two attached hydrogens (primary N) is 2. The van der Waals surface area contributed by atoms with Crippen LogP contribution in [-0.2, 0) is 29.1 Å². The summed E-state index contributed by atoms with van der Waals surface area (Å²) in [6.07, 6.45) is 1.38. The van der Waals surface area contributed by atoms with Gasteiger partial charge in [0.25, 0.3) is 11.8 Å². The van der Waals surface area contributed by atoms with E-state index in [9.17, 15) is 18.0 Å². The number of β-lactam (4-membered cyclic amide) rings is 1. The van der Waals surface area contributed by atoms with Crippen molar-refractivity contribution in [3.8, 4) is 5.75 Å². The van der Waals surface area contributed by atoms with Gasteiger partial charge in [0.1, 0.15) is 35.6 Å². The van der Waals surface area contributed by atoms with Gasteiger partial charge in [-0.25, -0.2) is 9.97 Å². The number of oxime groups is 1. The molecule has 0 saturated carbocycles. The zero-order valence-corrected chi connectivity index (χ0v) is 20.5. The maximum absolute atomic E-state index is 12.9. The molecule has 1 atom stereocenters. The lowest BCUT2D eigenvalue weighted by Crippen LogP contribution is -2.76. The van der Waals surface area contributed by atoms with Gasteiger partial charge in [-0.3, -0.25) is 19.6 Å². The Bertz CT molecular complexity index is 1290. The van der Waals surface area contributed by atoms with E-state index in [4.69, 9.17) is 31.0 Å². The number of amides is 2. The summed E-state index contributed by atoms with van der Waals surface area (Å²) in [6.45, 7) is 2.76. The Morgan fingerprint density at radius 3 is 2.61 bits per heavy atom. The second-order valence-corrected chi connectivity index (χ2v) is 9.57. The highest BCUT2D eigenvalue weighted by Crippen LogP contribution is 2.32. The van der Waals surface area contributed by atoms with E-state index in [0.717, 1.165) is 11.3 Å². The van der Waals surface area contributed by atoms with E-state index in [1.54, 1.807) is 6.07 Å². The lowest BCUT2D eigenvalue weighted by molar-refractivity contribution is -0.218. The van der Waals surface area contributed by atoms with Crippen molar-refractivity contribution in [2.45, 2.75) is 25.4 Å². The fourth-order valence-electron chi connectivity index (χ4n) is 2.95. The Morgan fingerprint density at radius 1 is 1.36 bits per heavy atom. The Morgan fingerprint density at radius 2 is 2.08 bits per heavy atom. The summed E-state index contributed by atoms with van der Waals surface area (Å²) in [5.41, 5.74) is 9.73. The summed E-state index contributed by atoms with van der Waals surface area (Å²) < 4.78 is 40.5. The number of thiazole rings is 1. The normalized spacial score (nSPS) is 17.3. The van der Waals surface area contributed by atoms with Crippen molar-refractivity contribution in [1.29, 1.82) is 5.41 Å². The second-order valence-electron chi connectivity index (χ2n) is 7.68. The molecular formula is C18H22N8O8S2. The average Bonchev–Trinajstić information content (AvgIpc) is 3.23. The number of anilines is 1. The Labute approximate surface area is 208 Å². The van der Waals surface area contributed by atoms with Crippen LogP contribution in [0.4, 0.5) is 5.13 Å². The molecule has 0 aromatic carbocycles. The number of ether oxygens (including phenoxy) is 1. The predicted molar refractivity (Wildman–Crippen MR) is 125 cm³/mol. The van der Waals surface area contributed by atoms with E-state index < -0.39 is 33.8 Å². The van der Waals surface area contributed by atoms with Crippen molar-refractivity contribution in [2.75, 3.05) is 18.9 Å². The molecule has 1 aliphatic heterocycles. The molecule has 0 aliphatic carbocycles. The van der Waals surface area contributed by atoms with Crippen LogP contribution in [-0.4, -0.2) is 76.2 Å². The molecule has 1 saturated heterocycles. The molecule has 18 heteroatoms. The lowest BCUT2D eigenvalue weighted by Gasteiger charge is -2.50. The van der Waals surface area contributed by atoms with Crippen LogP contribution in [0.5, 0.6) is 5.75 Å². The molecular weight excluding hydrogens is 520 g/mol. The molecule has 1 fully saturated rings. The number of hydrogen-bond donors (Lipinski definition) is 5. The zero-order chi connectivity index (χ0) is 26.7. The first-order valence-corrected chi connectivity index (χ1v) is 12.2. The van der Waals surface area contributed by atoms with E-state index >= 15 is 0 Å². The van der Waals surface area contributed by atoms with Crippen LogP contribution in [0.3, 0.4) is 0 Å². The van der Waals surface area contributed by atoms with Crippen LogP contribution >= 0.6 is 11.3 Å². The Balaban J connectivity index is 1.64. The number of aromatic nitrogens is 2. The first-order chi connectivity index (χ1) is 16.8. The summed E-state index contributed by atoms with van der Waals surface area (Å²) in [4.78, 5) is 38.4. The molecule has 2 aromatic rings. The summed E-state index contributed by atoms with van der Waals surface area (Å²) in [6, 6.07) is 1.87. The van der Waals surface area contributed by atoms with Crippen LogP contribution in [0.25, 0.3) is 0 Å². The smallest absolute Gasteiger partial charge is 0.418 e. The van der Waals surface area contributed by atoms with Crippen molar-refractivity contribution >= 4 is 50.2 Å². The molecule has 2 aromatic heterocycles. The van der Waals surface area contributed by atoms with Crippen LogP contribution < -0.4 is 21.5 Å². The number of carbonyl (C=O) groups is 2. The van der Waals surface area contributed by atoms with Crippen molar-refractivity contribution in [3.05, 3.63) is 35.1 Å². The van der Waals surface area contributed by atoms with Crippen LogP contribution in [0.1, 0.15) is 25.2 Å². The summed E-state index contributed by atoms with van der Waals surface area (Å²) in [5.74, 6) is -1.57. The third-order valence-electron chi connectivity index (χ3n) is 4.71. The van der Waals surface area contributed by atoms with Crippen LogP contribution in [0.15, 0.2) is 28.9 Å². The molecule has 7 N–H and O–H groups in total. The van der Waals surface area contributed by atoms with Crippen molar-refractivity contribution in [2.24, 2.45) is 10.9 Å². The number of nitrogens with zero attached hydrogens (tertiary/aromatic N) is 4. The second kappa shape index (κ2) is 10.4. The fourth-order valence-corrected chi connectivity index (χ4v) is 3.95. The van der Waals surface area contributed by atoms with Crippen molar-refractivity contribution in [3.63, 3.8) is 0 Å². The molecule has 0 unspecified atom stereocenters. The Kier molecular flexibility index (Phi) is 7.72. The monoisotopic (exact) mass is 542 g/mol. The number of hydroxylamine groups is 2. The van der Waals surface area contributed by atoms with Gasteiger partial charge in [-0.2, -0.15) is 13.5 Å². The van der Waals surface area contributed by atoms with E-state index in [1.165, 1.54) is 31.5 Å². The molecule has 1 aliphatic rings. The number of nitrogens with one attached hydrogen (secondary N) is 2. The number of hydrogen-bond acceptors (Lipinski definition) is 13. The maximum Gasteiger partial charge on any atom is 0.418 e. The summed E-state index contributed by atoms with van der Waals surface area (Å²) in [5, 5.41) is 15.6. The van der Waals surface area contributed by atoms with Gasteiger partial charge in [0.2, 0.25) is 0 Å². The Hall–Kier alpha value is -3.87. The highest BCUT2D eigenvalue weighted by Gasteiger charge is 2.58. The number of nitrogen functional groups attached to an aromatic ring is 2. The minimum absolute atomic E-state index is 0.0226. The third kappa shape index (κ3) is 6.22. The first-order valence-electron chi connectivity index (χ1n) is 9.96. The molecule has 0 spiro atoms. The van der Waals surface area contributed by atoms with Gasteiger partial charge < -0.3 is 26.4 Å². The maximum atomic E-state index is 12.9. The molecule has 2 amide bonds. The lowest BCUT2D eigenvalue weighted by atomic mass is 9.84. The highest BCUT2D eigenvalue weighted by atomic mass is 32.3. The SMILES string of the molecule is CC1(C)[C@H](NC(=O)/C(=N\OCCOc2ccc(C(=N)N)nc2)c2csc(N)n2)C(=O)N1OS(=O)(=O)O. The summed E-state index contributed by atoms with van der Waals surface area (Å²) >= 11 is 1.04. The average molecular weight is 543 g/mol. The number of pyridine rings is 1. The number of amidine groups is 1. The van der Waals surface area contributed by atoms with Gasteiger partial charge in [-0.1, -0.05) is 5.16 Å². The van der Waals surface area contributed by atoms with Gasteiger partial charge >= 0.3 is 10.4 Å². The van der Waals surface area contributed by atoms with E-state index in [-0.39, 0.29) is 35.6 Å². The van der Waals surface area contributed by atoms with Gasteiger partial charge in [-0.05, 0) is 26.0 Å². The van der Waals surface area contributed by atoms with Crippen molar-refractivity contribution < 1.29 is 36.4 Å². The van der Waals surface area contributed by atoms with E-state index in [0.29, 0.717) is 16.5 Å². The van der Waals surface area contributed by atoms with E-state index in [1.807, 2.05) is 0 Å². The van der Waals surface area contributed by atoms with Gasteiger partial charge in [0.05, 0.1) is 11.7 Å². The van der Waals surface area contributed by atoms with E-state index in [2.05, 4.69) is 24.7 Å². The topological polar surface area (TPSA) is 246 Å². The minimum atomic E-state index is -4.94. The first kappa shape index (κ1) is 26.7. The predicted octanol–water partition coefficient (Wildman–Crippen LogP) is -0.956. The molecule has 3 heterocycles. The van der Waals surface area contributed by atoms with Crippen molar-refractivity contribution in [1.82, 2.24) is 20.3 Å².